The summed E-state index contributed by atoms with van der Waals surface area (Å²) in [5.74, 6) is -0.0166. The summed E-state index contributed by atoms with van der Waals surface area (Å²) in [7, 11) is 1.51. The second-order valence-electron chi connectivity index (χ2n) is 5.74. The zero-order chi connectivity index (χ0) is 21.0. The van der Waals surface area contributed by atoms with Gasteiger partial charge in [0.25, 0.3) is 5.69 Å². The van der Waals surface area contributed by atoms with Crippen LogP contribution in [0.25, 0.3) is 0 Å². The number of hydrogen-bond donors (Lipinski definition) is 2. The molecule has 1 aromatic heterocycles. The zero-order valence-electron chi connectivity index (χ0n) is 14.9. The highest BCUT2D eigenvalue weighted by atomic mass is 19.4. The minimum absolute atomic E-state index is 0.0822. The summed E-state index contributed by atoms with van der Waals surface area (Å²) in [4.78, 5) is 17.8. The Labute approximate surface area is 162 Å². The average Bonchev–Trinajstić information content (AvgIpc) is 2.68. The van der Waals surface area contributed by atoms with Gasteiger partial charge in [-0.1, -0.05) is 6.07 Å². The predicted molar refractivity (Wildman–Crippen MR) is 99.7 cm³/mol. The molecule has 29 heavy (non-hydrogen) atoms. The summed E-state index contributed by atoms with van der Waals surface area (Å²) in [6.07, 6.45) is -4.08. The topological polar surface area (TPSA) is 102 Å². The smallest absolute Gasteiger partial charge is 0.421 e. The Morgan fingerprint density at radius 1 is 1.07 bits per heavy atom. The first-order valence-corrected chi connectivity index (χ1v) is 8.13. The molecule has 2 aromatic carbocycles. The van der Waals surface area contributed by atoms with Crippen LogP contribution in [0.1, 0.15) is 5.56 Å². The average molecular weight is 405 g/mol. The monoisotopic (exact) mass is 405 g/mol. The molecule has 0 atom stereocenters. The van der Waals surface area contributed by atoms with Crippen LogP contribution in [-0.2, 0) is 6.18 Å². The van der Waals surface area contributed by atoms with Crippen LogP contribution >= 0.6 is 0 Å². The maximum absolute atomic E-state index is 13.3. The van der Waals surface area contributed by atoms with Crippen LogP contribution in [0.3, 0.4) is 0 Å². The predicted octanol–water partition coefficient (Wildman–Crippen LogP) is 4.90. The largest absolute Gasteiger partial charge is 0.497 e. The lowest BCUT2D eigenvalue weighted by molar-refractivity contribution is -0.384. The first kappa shape index (κ1) is 19.9. The molecule has 8 nitrogen and oxygen atoms in total. The summed E-state index contributed by atoms with van der Waals surface area (Å²) < 4.78 is 45.1. The highest BCUT2D eigenvalue weighted by molar-refractivity contribution is 5.64. The number of ether oxygens (including phenoxy) is 1. The fraction of sp³-hybridized carbons (Fsp3) is 0.111. The molecule has 11 heteroatoms. The summed E-state index contributed by atoms with van der Waals surface area (Å²) in [5, 5.41) is 16.2. The highest BCUT2D eigenvalue weighted by Gasteiger charge is 2.35. The number of nitrogens with one attached hydrogen (secondary N) is 2. The van der Waals surface area contributed by atoms with E-state index in [0.29, 0.717) is 17.6 Å². The fourth-order valence-corrected chi connectivity index (χ4v) is 2.38. The van der Waals surface area contributed by atoms with Gasteiger partial charge < -0.3 is 15.4 Å². The Kier molecular flexibility index (Phi) is 5.48. The van der Waals surface area contributed by atoms with Gasteiger partial charge in [0.2, 0.25) is 5.95 Å². The summed E-state index contributed by atoms with van der Waals surface area (Å²) in [6, 6.07) is 11.7. The third-order valence-electron chi connectivity index (χ3n) is 3.76. The van der Waals surface area contributed by atoms with Crippen molar-refractivity contribution in [3.63, 3.8) is 0 Å². The van der Waals surface area contributed by atoms with Crippen molar-refractivity contribution < 1.29 is 22.8 Å². The number of benzene rings is 2. The van der Waals surface area contributed by atoms with Gasteiger partial charge in [-0.05, 0) is 30.3 Å². The van der Waals surface area contributed by atoms with Crippen LogP contribution in [0.15, 0.2) is 54.7 Å². The van der Waals surface area contributed by atoms with Gasteiger partial charge in [-0.15, -0.1) is 0 Å². The van der Waals surface area contributed by atoms with Gasteiger partial charge in [0.1, 0.15) is 17.1 Å². The number of nitrogens with zero attached hydrogens (tertiary/aromatic N) is 3. The van der Waals surface area contributed by atoms with Crippen LogP contribution < -0.4 is 15.4 Å². The number of hydrogen-bond acceptors (Lipinski definition) is 7. The van der Waals surface area contributed by atoms with E-state index in [1.54, 1.807) is 24.3 Å². The van der Waals surface area contributed by atoms with Gasteiger partial charge in [-0.3, -0.25) is 10.1 Å². The summed E-state index contributed by atoms with van der Waals surface area (Å²) >= 11 is 0. The molecule has 0 amide bonds. The molecule has 3 rings (SSSR count). The molecule has 0 fully saturated rings. The minimum atomic E-state index is -4.72. The lowest BCUT2D eigenvalue weighted by Crippen LogP contribution is -2.12. The zero-order valence-corrected chi connectivity index (χ0v) is 14.9. The van der Waals surface area contributed by atoms with E-state index in [2.05, 4.69) is 20.6 Å². The first-order valence-electron chi connectivity index (χ1n) is 8.13. The van der Waals surface area contributed by atoms with E-state index in [9.17, 15) is 23.3 Å². The van der Waals surface area contributed by atoms with E-state index in [0.717, 1.165) is 6.07 Å². The standard InChI is InChI=1S/C18H14F3N5O3/c1-29-14-7-5-11(6-8-14)24-17-22-10-15(18(19,20)21)16(25-17)23-12-3-2-4-13(9-12)26(27)28/h2-10H,1H3,(H2,22,23,24,25). The molecule has 0 unspecified atom stereocenters. The van der Waals surface area contributed by atoms with Crippen LogP contribution in [0.5, 0.6) is 5.75 Å². The molecule has 0 spiro atoms. The van der Waals surface area contributed by atoms with Crippen molar-refractivity contribution in [1.82, 2.24) is 9.97 Å². The number of aromatic nitrogens is 2. The van der Waals surface area contributed by atoms with Crippen molar-refractivity contribution >= 4 is 28.8 Å². The van der Waals surface area contributed by atoms with Crippen molar-refractivity contribution in [2.75, 3.05) is 17.7 Å². The van der Waals surface area contributed by atoms with E-state index in [1.807, 2.05) is 0 Å². The molecule has 0 bridgehead atoms. The van der Waals surface area contributed by atoms with Crippen molar-refractivity contribution in [2.45, 2.75) is 6.18 Å². The lowest BCUT2D eigenvalue weighted by Gasteiger charge is -2.15. The van der Waals surface area contributed by atoms with E-state index < -0.39 is 22.5 Å². The van der Waals surface area contributed by atoms with E-state index in [-0.39, 0.29) is 17.3 Å². The number of methoxy groups -OCH3 is 1. The van der Waals surface area contributed by atoms with E-state index >= 15 is 0 Å². The van der Waals surface area contributed by atoms with Crippen LogP contribution in [0.4, 0.5) is 42.0 Å². The number of nitro benzene ring substituents is 1. The van der Waals surface area contributed by atoms with Gasteiger partial charge in [0.15, 0.2) is 0 Å². The minimum Gasteiger partial charge on any atom is -0.497 e. The van der Waals surface area contributed by atoms with Crippen molar-refractivity contribution in [2.24, 2.45) is 0 Å². The van der Waals surface area contributed by atoms with Gasteiger partial charge in [0.05, 0.1) is 12.0 Å². The molecule has 1 heterocycles. The normalized spacial score (nSPS) is 11.0. The van der Waals surface area contributed by atoms with Crippen molar-refractivity contribution in [3.8, 4) is 5.75 Å². The molecular weight excluding hydrogens is 391 g/mol. The van der Waals surface area contributed by atoms with Crippen molar-refractivity contribution in [1.29, 1.82) is 0 Å². The van der Waals surface area contributed by atoms with Crippen LogP contribution in [0.2, 0.25) is 0 Å². The van der Waals surface area contributed by atoms with Crippen LogP contribution in [0, 0.1) is 10.1 Å². The van der Waals surface area contributed by atoms with Gasteiger partial charge in [0, 0.05) is 29.7 Å². The van der Waals surface area contributed by atoms with Gasteiger partial charge >= 0.3 is 6.18 Å². The Morgan fingerprint density at radius 2 is 1.79 bits per heavy atom. The molecule has 2 N–H and O–H groups in total. The first-order chi connectivity index (χ1) is 13.8. The Hall–Kier alpha value is -3.89. The molecule has 0 aliphatic rings. The molecular formula is C18H14F3N5O3. The maximum Gasteiger partial charge on any atom is 0.421 e. The Balaban J connectivity index is 1.93. The molecule has 0 saturated heterocycles. The third kappa shape index (κ3) is 4.89. The second kappa shape index (κ2) is 8.00. The fourth-order valence-electron chi connectivity index (χ4n) is 2.38. The molecule has 0 saturated carbocycles. The molecule has 150 valence electrons. The molecule has 3 aromatic rings. The maximum atomic E-state index is 13.3. The number of alkyl halides is 3. The van der Waals surface area contributed by atoms with E-state index in [4.69, 9.17) is 4.74 Å². The lowest BCUT2D eigenvalue weighted by atomic mass is 10.2. The SMILES string of the molecule is COc1ccc(Nc2ncc(C(F)(F)F)c(Nc3cccc([N+](=O)[O-])c3)n2)cc1. The second-order valence-corrected chi connectivity index (χ2v) is 5.74. The summed E-state index contributed by atoms with van der Waals surface area (Å²) in [6.45, 7) is 0. The quantitative estimate of drug-likeness (QED) is 0.444. The van der Waals surface area contributed by atoms with Crippen molar-refractivity contribution in [3.05, 3.63) is 70.4 Å². The number of anilines is 4. The molecule has 0 aliphatic heterocycles. The molecule has 0 radical (unpaired) electrons. The Bertz CT molecular complexity index is 1030. The van der Waals surface area contributed by atoms with Crippen LogP contribution in [-0.4, -0.2) is 22.0 Å². The number of rotatable bonds is 6. The van der Waals surface area contributed by atoms with E-state index in [1.165, 1.54) is 25.3 Å². The number of nitro groups is 1. The highest BCUT2D eigenvalue weighted by Crippen LogP contribution is 2.35. The third-order valence-corrected chi connectivity index (χ3v) is 3.76. The summed E-state index contributed by atoms with van der Waals surface area (Å²) in [5.41, 5.74) is -0.760. The molecule has 0 aliphatic carbocycles. The Morgan fingerprint density at radius 3 is 2.41 bits per heavy atom. The number of non-ortho nitro benzene ring substituents is 1. The van der Waals surface area contributed by atoms with Gasteiger partial charge in [-0.25, -0.2) is 4.98 Å². The van der Waals surface area contributed by atoms with Gasteiger partial charge in [-0.2, -0.15) is 18.2 Å². The number of halogens is 3.